The molecule has 0 unspecified atom stereocenters. The molecular weight excluding hydrogens is 310 g/mol. The Morgan fingerprint density at radius 2 is 1.65 bits per heavy atom. The number of aliphatic imine (C=N–C) groups is 1. The van der Waals surface area contributed by atoms with Crippen molar-refractivity contribution in [2.24, 2.45) is 4.99 Å². The van der Waals surface area contributed by atoms with Crippen LogP contribution in [0.25, 0.3) is 0 Å². The largest absolute Gasteiger partial charge is 0.465 e. The van der Waals surface area contributed by atoms with Gasteiger partial charge in [0.25, 0.3) is 0 Å². The number of ether oxygens (including phenoxy) is 1. The standard InChI is InChI=1S/C18H24ClN3O/c19-14-7-8-16-15(13-14)20-17(21-9-3-1-4-10-21)18(23-16)22-11-5-2-6-12-22/h7-8,13,18H,1-6,9-12H2/t18-/m0/s1. The summed E-state index contributed by atoms with van der Waals surface area (Å²) in [6.07, 6.45) is 7.60. The molecule has 1 aromatic carbocycles. The third kappa shape index (κ3) is 3.20. The van der Waals surface area contributed by atoms with Crippen LogP contribution in [-0.4, -0.2) is 48.0 Å². The number of likely N-dealkylation sites (tertiary alicyclic amines) is 2. The Kier molecular flexibility index (Phi) is 4.45. The molecule has 4 rings (SSSR count). The van der Waals surface area contributed by atoms with Crippen molar-refractivity contribution >= 4 is 23.1 Å². The maximum atomic E-state index is 6.39. The molecule has 0 N–H and O–H groups in total. The molecule has 0 amide bonds. The van der Waals surface area contributed by atoms with Crippen molar-refractivity contribution < 1.29 is 4.74 Å². The van der Waals surface area contributed by atoms with Crippen molar-refractivity contribution in [3.63, 3.8) is 0 Å². The SMILES string of the molecule is Clc1ccc2c(c1)N=C(N1CCCCC1)[C@@H](N1CCCCC1)O2. The number of piperidine rings is 2. The highest BCUT2D eigenvalue weighted by molar-refractivity contribution is 6.30. The van der Waals surface area contributed by atoms with Gasteiger partial charge < -0.3 is 9.64 Å². The molecule has 5 heteroatoms. The second kappa shape index (κ2) is 6.70. The minimum Gasteiger partial charge on any atom is -0.465 e. The van der Waals surface area contributed by atoms with Crippen molar-refractivity contribution in [3.05, 3.63) is 23.2 Å². The van der Waals surface area contributed by atoms with Gasteiger partial charge in [-0.1, -0.05) is 18.0 Å². The highest BCUT2D eigenvalue weighted by atomic mass is 35.5. The normalized spacial score (nSPS) is 25.5. The summed E-state index contributed by atoms with van der Waals surface area (Å²) in [7, 11) is 0. The van der Waals surface area contributed by atoms with E-state index in [0.717, 1.165) is 43.5 Å². The van der Waals surface area contributed by atoms with Crippen LogP contribution >= 0.6 is 11.6 Å². The molecular formula is C18H24ClN3O. The molecule has 0 aromatic heterocycles. The zero-order valence-electron chi connectivity index (χ0n) is 13.5. The minimum atomic E-state index is -0.0397. The molecule has 0 bridgehead atoms. The fourth-order valence-electron chi connectivity index (χ4n) is 3.77. The van der Waals surface area contributed by atoms with Gasteiger partial charge in [-0.15, -0.1) is 0 Å². The summed E-state index contributed by atoms with van der Waals surface area (Å²) in [5.41, 5.74) is 0.867. The van der Waals surface area contributed by atoms with Crippen LogP contribution in [0.15, 0.2) is 23.2 Å². The summed E-state index contributed by atoms with van der Waals surface area (Å²) in [5, 5.41) is 0.713. The molecule has 0 spiro atoms. The monoisotopic (exact) mass is 333 g/mol. The Labute approximate surface area is 143 Å². The van der Waals surface area contributed by atoms with Crippen LogP contribution in [0.1, 0.15) is 38.5 Å². The lowest BCUT2D eigenvalue weighted by Crippen LogP contribution is -2.55. The van der Waals surface area contributed by atoms with Gasteiger partial charge in [-0.2, -0.15) is 0 Å². The molecule has 3 aliphatic rings. The molecule has 0 saturated carbocycles. The molecule has 23 heavy (non-hydrogen) atoms. The fraction of sp³-hybridized carbons (Fsp3) is 0.611. The van der Waals surface area contributed by atoms with E-state index in [2.05, 4.69) is 9.80 Å². The molecule has 124 valence electrons. The van der Waals surface area contributed by atoms with Gasteiger partial charge >= 0.3 is 0 Å². The first-order chi connectivity index (χ1) is 11.3. The van der Waals surface area contributed by atoms with Gasteiger partial charge in [0.2, 0.25) is 6.23 Å². The molecule has 2 fully saturated rings. The summed E-state index contributed by atoms with van der Waals surface area (Å²) in [5.74, 6) is 1.94. The van der Waals surface area contributed by atoms with E-state index in [9.17, 15) is 0 Å². The van der Waals surface area contributed by atoms with E-state index in [1.807, 2.05) is 18.2 Å². The maximum Gasteiger partial charge on any atom is 0.211 e. The molecule has 1 aromatic rings. The second-order valence-corrected chi connectivity index (χ2v) is 7.13. The van der Waals surface area contributed by atoms with Gasteiger partial charge in [0.05, 0.1) is 0 Å². The lowest BCUT2D eigenvalue weighted by atomic mass is 10.1. The summed E-state index contributed by atoms with van der Waals surface area (Å²) in [4.78, 5) is 9.85. The molecule has 4 nitrogen and oxygen atoms in total. The summed E-state index contributed by atoms with van der Waals surface area (Å²) in [6, 6.07) is 5.74. The average Bonchev–Trinajstić information content (AvgIpc) is 2.62. The van der Waals surface area contributed by atoms with Gasteiger partial charge in [-0.25, -0.2) is 4.99 Å². The van der Waals surface area contributed by atoms with E-state index in [1.54, 1.807) is 0 Å². The summed E-state index contributed by atoms with van der Waals surface area (Å²) >= 11 is 6.15. The van der Waals surface area contributed by atoms with E-state index >= 15 is 0 Å². The van der Waals surface area contributed by atoms with Crippen LogP contribution in [-0.2, 0) is 0 Å². The van der Waals surface area contributed by atoms with Crippen molar-refractivity contribution in [2.45, 2.75) is 44.8 Å². The van der Waals surface area contributed by atoms with Crippen LogP contribution in [0.5, 0.6) is 5.75 Å². The van der Waals surface area contributed by atoms with E-state index < -0.39 is 0 Å². The number of benzene rings is 1. The first-order valence-electron chi connectivity index (χ1n) is 8.85. The van der Waals surface area contributed by atoms with Crippen molar-refractivity contribution in [1.29, 1.82) is 0 Å². The fourth-order valence-corrected chi connectivity index (χ4v) is 3.94. The van der Waals surface area contributed by atoms with Gasteiger partial charge in [0, 0.05) is 31.2 Å². The third-order valence-electron chi connectivity index (χ3n) is 5.02. The lowest BCUT2D eigenvalue weighted by Gasteiger charge is -2.41. The molecule has 0 radical (unpaired) electrons. The maximum absolute atomic E-state index is 6.39. The first-order valence-corrected chi connectivity index (χ1v) is 9.23. The van der Waals surface area contributed by atoms with Crippen molar-refractivity contribution in [2.75, 3.05) is 26.2 Å². The highest BCUT2D eigenvalue weighted by Crippen LogP contribution is 2.37. The van der Waals surface area contributed by atoms with Crippen LogP contribution in [0.3, 0.4) is 0 Å². The molecule has 1 atom stereocenters. The van der Waals surface area contributed by atoms with Crippen LogP contribution in [0.4, 0.5) is 5.69 Å². The van der Waals surface area contributed by atoms with Crippen LogP contribution in [0, 0.1) is 0 Å². The topological polar surface area (TPSA) is 28.1 Å². The Morgan fingerprint density at radius 1 is 0.957 bits per heavy atom. The zero-order chi connectivity index (χ0) is 15.6. The number of rotatable bonds is 1. The molecule has 2 saturated heterocycles. The second-order valence-electron chi connectivity index (χ2n) is 6.70. The molecule has 3 heterocycles. The Balaban J connectivity index is 1.68. The highest BCUT2D eigenvalue weighted by Gasteiger charge is 2.34. The Morgan fingerprint density at radius 3 is 2.39 bits per heavy atom. The molecule has 3 aliphatic heterocycles. The third-order valence-corrected chi connectivity index (χ3v) is 5.25. The number of hydrogen-bond acceptors (Lipinski definition) is 4. The van der Waals surface area contributed by atoms with E-state index in [0.29, 0.717) is 5.02 Å². The van der Waals surface area contributed by atoms with Crippen molar-refractivity contribution in [1.82, 2.24) is 9.80 Å². The Hall–Kier alpha value is -1.26. The predicted molar refractivity (Wildman–Crippen MR) is 93.8 cm³/mol. The minimum absolute atomic E-state index is 0.0397. The van der Waals surface area contributed by atoms with Gasteiger partial charge in [0.1, 0.15) is 11.4 Å². The van der Waals surface area contributed by atoms with Gasteiger partial charge in [-0.3, -0.25) is 4.90 Å². The summed E-state index contributed by atoms with van der Waals surface area (Å²) < 4.78 is 6.39. The quantitative estimate of drug-likeness (QED) is 0.775. The number of nitrogens with zero attached hydrogens (tertiary/aromatic N) is 3. The van der Waals surface area contributed by atoms with E-state index in [-0.39, 0.29) is 6.23 Å². The van der Waals surface area contributed by atoms with Gasteiger partial charge in [0.15, 0.2) is 5.84 Å². The lowest BCUT2D eigenvalue weighted by molar-refractivity contribution is 0.0486. The number of halogens is 1. The number of fused-ring (bicyclic) bond motifs is 1. The number of amidine groups is 1. The Bertz CT molecular complexity index is 592. The van der Waals surface area contributed by atoms with Crippen LogP contribution < -0.4 is 4.74 Å². The number of hydrogen-bond donors (Lipinski definition) is 0. The summed E-state index contributed by atoms with van der Waals surface area (Å²) in [6.45, 7) is 4.37. The van der Waals surface area contributed by atoms with Crippen LogP contribution in [0.2, 0.25) is 5.02 Å². The van der Waals surface area contributed by atoms with E-state index in [4.69, 9.17) is 21.3 Å². The average molecular weight is 334 g/mol. The zero-order valence-corrected chi connectivity index (χ0v) is 14.3. The smallest absolute Gasteiger partial charge is 0.211 e. The van der Waals surface area contributed by atoms with Gasteiger partial charge in [-0.05, 0) is 50.3 Å². The predicted octanol–water partition coefficient (Wildman–Crippen LogP) is 4.06. The van der Waals surface area contributed by atoms with E-state index in [1.165, 1.54) is 38.5 Å². The first kappa shape index (κ1) is 15.3. The molecule has 0 aliphatic carbocycles. The van der Waals surface area contributed by atoms with Crippen molar-refractivity contribution in [3.8, 4) is 5.75 Å².